The highest BCUT2D eigenvalue weighted by Gasteiger charge is 2.08. The highest BCUT2D eigenvalue weighted by molar-refractivity contribution is 5.63. The van der Waals surface area contributed by atoms with Crippen molar-refractivity contribution in [2.24, 2.45) is 0 Å². The van der Waals surface area contributed by atoms with Crippen LogP contribution >= 0.6 is 0 Å². The molecule has 0 saturated carbocycles. The molecule has 0 fully saturated rings. The van der Waals surface area contributed by atoms with Crippen LogP contribution in [0.1, 0.15) is 90.9 Å². The van der Waals surface area contributed by atoms with Crippen molar-refractivity contribution < 1.29 is 19.0 Å². The van der Waals surface area contributed by atoms with Crippen molar-refractivity contribution in [3.05, 3.63) is 36.7 Å². The third-order valence-electron chi connectivity index (χ3n) is 5.43. The normalized spacial score (nSPS) is 10.7. The van der Waals surface area contributed by atoms with E-state index >= 15 is 0 Å². The topological polar surface area (TPSA) is 70.5 Å². The van der Waals surface area contributed by atoms with Gasteiger partial charge in [-0.25, -0.2) is 14.8 Å². The number of hydrogen-bond donors (Lipinski definition) is 0. The standard InChI is InChI=1S/C27H40N2O4/c1-3-5-7-9-11-13-19-31-24-17-15-23(16-18-24)26-28-21-25(22-29-26)33-27(30)32-20-14-12-10-8-6-4-2/h15-18,21-22H,3-14,19-20H2,1-2H3. The third-order valence-corrected chi connectivity index (χ3v) is 5.43. The minimum Gasteiger partial charge on any atom is -0.494 e. The molecule has 0 bridgehead atoms. The molecular weight excluding hydrogens is 416 g/mol. The Morgan fingerprint density at radius 3 is 1.85 bits per heavy atom. The van der Waals surface area contributed by atoms with Crippen LogP contribution in [0.15, 0.2) is 36.7 Å². The monoisotopic (exact) mass is 456 g/mol. The molecule has 0 atom stereocenters. The molecule has 1 aromatic heterocycles. The van der Waals surface area contributed by atoms with Gasteiger partial charge in [-0.1, -0.05) is 78.1 Å². The molecule has 0 radical (unpaired) electrons. The van der Waals surface area contributed by atoms with Gasteiger partial charge in [0.25, 0.3) is 0 Å². The van der Waals surface area contributed by atoms with Crippen molar-refractivity contribution in [3.63, 3.8) is 0 Å². The Morgan fingerprint density at radius 2 is 1.24 bits per heavy atom. The molecule has 2 aromatic rings. The first-order valence-corrected chi connectivity index (χ1v) is 12.6. The van der Waals surface area contributed by atoms with Crippen LogP contribution in [0.2, 0.25) is 0 Å². The van der Waals surface area contributed by atoms with E-state index in [1.165, 1.54) is 70.2 Å². The Morgan fingerprint density at radius 1 is 0.697 bits per heavy atom. The lowest BCUT2D eigenvalue weighted by Crippen LogP contribution is -2.11. The van der Waals surface area contributed by atoms with Crippen LogP contribution in [-0.2, 0) is 4.74 Å². The Balaban J connectivity index is 1.66. The molecule has 0 amide bonds. The Hall–Kier alpha value is -2.63. The zero-order valence-corrected chi connectivity index (χ0v) is 20.4. The summed E-state index contributed by atoms with van der Waals surface area (Å²) in [6.07, 6.45) is 16.5. The van der Waals surface area contributed by atoms with Gasteiger partial charge in [-0.3, -0.25) is 0 Å². The summed E-state index contributed by atoms with van der Waals surface area (Å²) in [7, 11) is 0. The smallest absolute Gasteiger partial charge is 0.494 e. The second-order valence-corrected chi connectivity index (χ2v) is 8.35. The number of carbonyl (C=O) groups is 1. The van der Waals surface area contributed by atoms with Gasteiger partial charge in [0, 0.05) is 5.56 Å². The van der Waals surface area contributed by atoms with E-state index in [1.807, 2.05) is 24.3 Å². The lowest BCUT2D eigenvalue weighted by atomic mass is 10.1. The highest BCUT2D eigenvalue weighted by atomic mass is 16.7. The Labute approximate surface area is 199 Å². The predicted octanol–water partition coefficient (Wildman–Crippen LogP) is 7.76. The first kappa shape index (κ1) is 26.6. The number of aromatic nitrogens is 2. The van der Waals surface area contributed by atoms with Gasteiger partial charge in [-0.2, -0.15) is 0 Å². The maximum absolute atomic E-state index is 11.8. The van der Waals surface area contributed by atoms with Crippen molar-refractivity contribution in [2.45, 2.75) is 90.9 Å². The van der Waals surface area contributed by atoms with Gasteiger partial charge in [0.15, 0.2) is 11.6 Å². The lowest BCUT2D eigenvalue weighted by Gasteiger charge is -2.08. The minimum atomic E-state index is -0.716. The molecule has 0 unspecified atom stereocenters. The van der Waals surface area contributed by atoms with E-state index in [0.717, 1.165) is 37.2 Å². The van der Waals surface area contributed by atoms with Gasteiger partial charge >= 0.3 is 6.16 Å². The quantitative estimate of drug-likeness (QED) is 0.179. The number of benzene rings is 1. The summed E-state index contributed by atoms with van der Waals surface area (Å²) >= 11 is 0. The molecule has 33 heavy (non-hydrogen) atoms. The minimum absolute atomic E-state index is 0.269. The highest BCUT2D eigenvalue weighted by Crippen LogP contribution is 2.21. The van der Waals surface area contributed by atoms with Crippen LogP contribution < -0.4 is 9.47 Å². The lowest BCUT2D eigenvalue weighted by molar-refractivity contribution is 0.0970. The first-order chi connectivity index (χ1) is 16.2. The second kappa shape index (κ2) is 16.9. The van der Waals surface area contributed by atoms with Crippen LogP contribution in [0.4, 0.5) is 4.79 Å². The summed E-state index contributed by atoms with van der Waals surface area (Å²) in [5.41, 5.74) is 0.874. The van der Waals surface area contributed by atoms with Gasteiger partial charge in [0.05, 0.1) is 25.6 Å². The Bertz CT molecular complexity index is 763. The van der Waals surface area contributed by atoms with E-state index in [2.05, 4.69) is 23.8 Å². The summed E-state index contributed by atoms with van der Waals surface area (Å²) in [6.45, 7) is 5.54. The molecule has 0 aliphatic carbocycles. The van der Waals surface area contributed by atoms with E-state index in [9.17, 15) is 4.79 Å². The van der Waals surface area contributed by atoms with E-state index in [1.54, 1.807) is 0 Å². The molecule has 2 rings (SSSR count). The van der Waals surface area contributed by atoms with Crippen molar-refractivity contribution >= 4 is 6.16 Å². The van der Waals surface area contributed by atoms with Crippen LogP contribution in [-0.4, -0.2) is 29.3 Å². The van der Waals surface area contributed by atoms with E-state index in [4.69, 9.17) is 14.2 Å². The van der Waals surface area contributed by atoms with Gasteiger partial charge in [-0.05, 0) is 37.1 Å². The fourth-order valence-corrected chi connectivity index (χ4v) is 3.45. The third kappa shape index (κ3) is 11.7. The number of ether oxygens (including phenoxy) is 3. The molecule has 1 heterocycles. The van der Waals surface area contributed by atoms with Crippen LogP contribution in [0.25, 0.3) is 11.4 Å². The van der Waals surface area contributed by atoms with Gasteiger partial charge in [-0.15, -0.1) is 0 Å². The molecule has 0 saturated heterocycles. The molecule has 6 heteroatoms. The average Bonchev–Trinajstić information content (AvgIpc) is 2.84. The average molecular weight is 457 g/mol. The molecular formula is C27H40N2O4. The molecule has 182 valence electrons. The van der Waals surface area contributed by atoms with Crippen LogP contribution in [0, 0.1) is 0 Å². The zero-order chi connectivity index (χ0) is 23.6. The number of unbranched alkanes of at least 4 members (excludes halogenated alkanes) is 10. The fraction of sp³-hybridized carbons (Fsp3) is 0.593. The van der Waals surface area contributed by atoms with E-state index < -0.39 is 6.16 Å². The van der Waals surface area contributed by atoms with Crippen molar-refractivity contribution in [1.82, 2.24) is 9.97 Å². The van der Waals surface area contributed by atoms with Crippen molar-refractivity contribution in [2.75, 3.05) is 13.2 Å². The number of carbonyl (C=O) groups excluding carboxylic acids is 1. The van der Waals surface area contributed by atoms with Crippen LogP contribution in [0.5, 0.6) is 11.5 Å². The zero-order valence-electron chi connectivity index (χ0n) is 20.4. The van der Waals surface area contributed by atoms with Gasteiger partial charge in [0.2, 0.25) is 0 Å². The number of rotatable bonds is 17. The largest absolute Gasteiger partial charge is 0.513 e. The van der Waals surface area contributed by atoms with Gasteiger partial charge < -0.3 is 14.2 Å². The predicted molar refractivity (Wildman–Crippen MR) is 132 cm³/mol. The van der Waals surface area contributed by atoms with Crippen LogP contribution in [0.3, 0.4) is 0 Å². The first-order valence-electron chi connectivity index (χ1n) is 12.6. The molecule has 1 aromatic carbocycles. The van der Waals surface area contributed by atoms with E-state index in [0.29, 0.717) is 12.4 Å². The summed E-state index contributed by atoms with van der Waals surface area (Å²) in [6, 6.07) is 7.72. The Kier molecular flexibility index (Phi) is 13.7. The summed E-state index contributed by atoms with van der Waals surface area (Å²) in [5.74, 6) is 1.68. The fourth-order valence-electron chi connectivity index (χ4n) is 3.45. The molecule has 0 N–H and O–H groups in total. The number of hydrogen-bond acceptors (Lipinski definition) is 6. The molecule has 0 spiro atoms. The SMILES string of the molecule is CCCCCCCCOC(=O)Oc1cnc(-c2ccc(OCCCCCCCC)cc2)nc1. The number of nitrogens with zero attached hydrogens (tertiary/aromatic N) is 2. The molecule has 6 nitrogen and oxygen atoms in total. The van der Waals surface area contributed by atoms with Crippen molar-refractivity contribution in [1.29, 1.82) is 0 Å². The molecule has 0 aliphatic heterocycles. The van der Waals surface area contributed by atoms with Crippen molar-refractivity contribution in [3.8, 4) is 22.9 Å². The summed E-state index contributed by atoms with van der Waals surface area (Å²) in [4.78, 5) is 20.4. The van der Waals surface area contributed by atoms with Gasteiger partial charge in [0.1, 0.15) is 5.75 Å². The second-order valence-electron chi connectivity index (χ2n) is 8.35. The maximum Gasteiger partial charge on any atom is 0.513 e. The maximum atomic E-state index is 11.8. The molecule has 0 aliphatic rings. The summed E-state index contributed by atoms with van der Waals surface area (Å²) < 4.78 is 16.1. The summed E-state index contributed by atoms with van der Waals surface area (Å²) in [5, 5.41) is 0. The van der Waals surface area contributed by atoms with E-state index in [-0.39, 0.29) is 5.75 Å².